The number of hydrogen-bond donors (Lipinski definition) is 1. The molecule has 162 valence electrons. The second-order valence-electron chi connectivity index (χ2n) is 8.63. The minimum absolute atomic E-state index is 0.0772. The van der Waals surface area contributed by atoms with Crippen molar-refractivity contribution in [1.82, 2.24) is 25.0 Å². The van der Waals surface area contributed by atoms with Gasteiger partial charge in [-0.15, -0.1) is 10.2 Å². The van der Waals surface area contributed by atoms with Gasteiger partial charge in [0.05, 0.1) is 6.61 Å². The first kappa shape index (κ1) is 20.8. The van der Waals surface area contributed by atoms with Crippen molar-refractivity contribution in [1.29, 1.82) is 0 Å². The third-order valence-electron chi connectivity index (χ3n) is 6.82. The van der Waals surface area contributed by atoms with Gasteiger partial charge in [-0.05, 0) is 43.1 Å². The normalized spacial score (nSPS) is 18.1. The van der Waals surface area contributed by atoms with E-state index in [2.05, 4.69) is 32.2 Å². The third-order valence-corrected chi connectivity index (χ3v) is 6.82. The Labute approximate surface area is 178 Å². The molecule has 0 bridgehead atoms. The van der Waals surface area contributed by atoms with Crippen LogP contribution in [0.3, 0.4) is 0 Å². The molecule has 0 unspecified atom stereocenters. The molecule has 1 spiro atoms. The zero-order valence-electron chi connectivity index (χ0n) is 18.0. The molecule has 1 aromatic carbocycles. The lowest BCUT2D eigenvalue weighted by molar-refractivity contribution is 0.100. The second kappa shape index (κ2) is 9.60. The Kier molecular flexibility index (Phi) is 6.67. The van der Waals surface area contributed by atoms with Crippen molar-refractivity contribution in [2.45, 2.75) is 51.5 Å². The number of aromatic nitrogens is 3. The monoisotopic (exact) mass is 411 g/mol. The predicted octanol–water partition coefficient (Wildman–Crippen LogP) is 2.84. The van der Waals surface area contributed by atoms with E-state index < -0.39 is 0 Å². The van der Waals surface area contributed by atoms with Gasteiger partial charge in [-0.25, -0.2) is 4.79 Å². The Bertz CT molecular complexity index is 827. The number of amides is 2. The molecule has 3 heterocycles. The molecular formula is C23H33N5O2. The van der Waals surface area contributed by atoms with E-state index in [1.807, 2.05) is 23.1 Å². The van der Waals surface area contributed by atoms with Crippen LogP contribution in [-0.4, -0.2) is 59.0 Å². The summed E-state index contributed by atoms with van der Waals surface area (Å²) in [6, 6.07) is 10.4. The maximum atomic E-state index is 12.6. The summed E-state index contributed by atoms with van der Waals surface area (Å²) in [6.07, 6.45) is 7.09. The van der Waals surface area contributed by atoms with E-state index in [4.69, 9.17) is 4.74 Å². The molecule has 0 saturated carbocycles. The number of nitrogens with zero attached hydrogens (tertiary/aromatic N) is 4. The van der Waals surface area contributed by atoms with Crippen molar-refractivity contribution >= 4 is 6.03 Å². The van der Waals surface area contributed by atoms with Gasteiger partial charge in [0.25, 0.3) is 0 Å². The van der Waals surface area contributed by atoms with Crippen LogP contribution in [0.15, 0.2) is 30.3 Å². The van der Waals surface area contributed by atoms with Gasteiger partial charge in [0.2, 0.25) is 0 Å². The van der Waals surface area contributed by atoms with E-state index in [0.29, 0.717) is 18.6 Å². The molecule has 2 aliphatic rings. The fraction of sp³-hybridized carbons (Fsp3) is 0.609. The Hall–Kier alpha value is -2.41. The van der Waals surface area contributed by atoms with Crippen molar-refractivity contribution in [2.24, 2.45) is 5.41 Å². The third kappa shape index (κ3) is 4.83. The standard InChI is InChI=1S/C23H33N5O2/c1-30-18-9-21-26-25-20-7-10-23(13-17-28(20)21)11-15-27(16-12-23)22(29)24-14-8-19-5-3-2-4-6-19/h2-6H,7-18H2,1H3,(H,24,29). The maximum absolute atomic E-state index is 12.6. The summed E-state index contributed by atoms with van der Waals surface area (Å²) in [4.78, 5) is 14.6. The van der Waals surface area contributed by atoms with Gasteiger partial charge in [-0.3, -0.25) is 0 Å². The summed E-state index contributed by atoms with van der Waals surface area (Å²) < 4.78 is 7.51. The topological polar surface area (TPSA) is 72.3 Å². The second-order valence-corrected chi connectivity index (χ2v) is 8.63. The molecule has 1 saturated heterocycles. The van der Waals surface area contributed by atoms with Crippen LogP contribution in [0.5, 0.6) is 0 Å². The van der Waals surface area contributed by atoms with Crippen molar-refractivity contribution in [3.63, 3.8) is 0 Å². The highest BCUT2D eigenvalue weighted by Gasteiger charge is 2.37. The van der Waals surface area contributed by atoms with E-state index in [-0.39, 0.29) is 6.03 Å². The molecule has 0 aliphatic carbocycles. The van der Waals surface area contributed by atoms with E-state index in [1.54, 1.807) is 7.11 Å². The average molecular weight is 412 g/mol. The zero-order valence-corrected chi connectivity index (χ0v) is 18.0. The van der Waals surface area contributed by atoms with Gasteiger partial charge in [-0.1, -0.05) is 30.3 Å². The number of nitrogens with one attached hydrogen (secondary N) is 1. The van der Waals surface area contributed by atoms with Crippen LogP contribution in [0.25, 0.3) is 0 Å². The number of methoxy groups -OCH3 is 1. The Morgan fingerprint density at radius 1 is 1.07 bits per heavy atom. The van der Waals surface area contributed by atoms with E-state index in [1.165, 1.54) is 5.56 Å². The molecule has 1 fully saturated rings. The summed E-state index contributed by atoms with van der Waals surface area (Å²) in [6.45, 7) is 4.02. The Morgan fingerprint density at radius 2 is 1.83 bits per heavy atom. The minimum atomic E-state index is 0.0772. The lowest BCUT2D eigenvalue weighted by atomic mass is 9.73. The van der Waals surface area contributed by atoms with Crippen LogP contribution < -0.4 is 5.32 Å². The van der Waals surface area contributed by atoms with Gasteiger partial charge >= 0.3 is 6.03 Å². The molecule has 2 aliphatic heterocycles. The first-order chi connectivity index (χ1) is 14.7. The lowest BCUT2D eigenvalue weighted by Crippen LogP contribution is -2.47. The van der Waals surface area contributed by atoms with E-state index in [9.17, 15) is 4.79 Å². The average Bonchev–Trinajstić information content (AvgIpc) is 3.09. The van der Waals surface area contributed by atoms with Crippen molar-refractivity contribution in [3.8, 4) is 0 Å². The summed E-state index contributed by atoms with van der Waals surface area (Å²) in [5, 5.41) is 11.9. The number of fused-ring (bicyclic) bond motifs is 1. The van der Waals surface area contributed by atoms with Crippen LogP contribution in [0.4, 0.5) is 4.79 Å². The molecule has 2 amide bonds. The molecule has 0 atom stereocenters. The number of hydrogen-bond acceptors (Lipinski definition) is 4. The van der Waals surface area contributed by atoms with Crippen molar-refractivity contribution in [2.75, 3.05) is 33.4 Å². The fourth-order valence-electron chi connectivity index (χ4n) is 4.80. The first-order valence-electron chi connectivity index (χ1n) is 11.2. The molecule has 4 rings (SSSR count). The number of likely N-dealkylation sites (tertiary alicyclic amines) is 1. The molecule has 7 heteroatoms. The number of rotatable bonds is 6. The first-order valence-corrected chi connectivity index (χ1v) is 11.2. The number of benzene rings is 1. The van der Waals surface area contributed by atoms with Gasteiger partial charge in [0.15, 0.2) is 0 Å². The zero-order chi connectivity index (χ0) is 20.8. The molecule has 7 nitrogen and oxygen atoms in total. The number of carbonyl (C=O) groups is 1. The summed E-state index contributed by atoms with van der Waals surface area (Å²) in [5.41, 5.74) is 1.57. The molecule has 1 aromatic heterocycles. The highest BCUT2D eigenvalue weighted by molar-refractivity contribution is 5.74. The summed E-state index contributed by atoms with van der Waals surface area (Å²) in [5.74, 6) is 2.15. The molecular weight excluding hydrogens is 378 g/mol. The smallest absolute Gasteiger partial charge is 0.317 e. The summed E-state index contributed by atoms with van der Waals surface area (Å²) in [7, 11) is 1.72. The number of carbonyl (C=O) groups excluding carboxylic acids is 1. The van der Waals surface area contributed by atoms with Crippen LogP contribution >= 0.6 is 0 Å². The largest absolute Gasteiger partial charge is 0.384 e. The maximum Gasteiger partial charge on any atom is 0.317 e. The number of piperidine rings is 1. The lowest BCUT2D eigenvalue weighted by Gasteiger charge is -2.41. The molecule has 2 aromatic rings. The van der Waals surface area contributed by atoms with Crippen molar-refractivity contribution < 1.29 is 9.53 Å². The van der Waals surface area contributed by atoms with E-state index in [0.717, 1.165) is 76.2 Å². The van der Waals surface area contributed by atoms with Gasteiger partial charge in [0.1, 0.15) is 11.6 Å². The number of ether oxygens (including phenoxy) is 1. The predicted molar refractivity (Wildman–Crippen MR) is 115 cm³/mol. The Morgan fingerprint density at radius 3 is 2.60 bits per heavy atom. The molecule has 1 N–H and O–H groups in total. The Balaban J connectivity index is 1.25. The highest BCUT2D eigenvalue weighted by Crippen LogP contribution is 2.41. The SMILES string of the molecule is COCCc1nnc2n1CCC1(CC2)CCN(C(=O)NCCc2ccccc2)CC1. The van der Waals surface area contributed by atoms with Gasteiger partial charge in [0, 0.05) is 46.1 Å². The minimum Gasteiger partial charge on any atom is -0.384 e. The van der Waals surface area contributed by atoms with Gasteiger partial charge < -0.3 is 19.5 Å². The van der Waals surface area contributed by atoms with Crippen LogP contribution in [0, 0.1) is 5.41 Å². The highest BCUT2D eigenvalue weighted by atomic mass is 16.5. The van der Waals surface area contributed by atoms with Crippen LogP contribution in [-0.2, 0) is 30.5 Å². The quantitative estimate of drug-likeness (QED) is 0.793. The fourth-order valence-corrected chi connectivity index (χ4v) is 4.80. The van der Waals surface area contributed by atoms with Crippen LogP contribution in [0.2, 0.25) is 0 Å². The van der Waals surface area contributed by atoms with E-state index >= 15 is 0 Å². The van der Waals surface area contributed by atoms with Gasteiger partial charge in [-0.2, -0.15) is 0 Å². The van der Waals surface area contributed by atoms with Crippen molar-refractivity contribution in [3.05, 3.63) is 47.5 Å². The molecule has 30 heavy (non-hydrogen) atoms. The number of aryl methyl sites for hydroxylation is 1. The molecule has 0 radical (unpaired) electrons. The summed E-state index contributed by atoms with van der Waals surface area (Å²) >= 11 is 0. The van der Waals surface area contributed by atoms with Crippen LogP contribution in [0.1, 0.15) is 42.9 Å². The number of urea groups is 1.